The highest BCUT2D eigenvalue weighted by atomic mass is 79.9. The minimum absolute atomic E-state index is 0.211. The van der Waals surface area contributed by atoms with Crippen molar-refractivity contribution in [2.45, 2.75) is 25.9 Å². The third-order valence-electron chi connectivity index (χ3n) is 3.36. The number of halogens is 1. The maximum atomic E-state index is 12.0. The summed E-state index contributed by atoms with van der Waals surface area (Å²) < 4.78 is 0.979. The molecule has 20 heavy (non-hydrogen) atoms. The monoisotopic (exact) mass is 339 g/mol. The van der Waals surface area contributed by atoms with Crippen molar-refractivity contribution in [3.8, 4) is 0 Å². The summed E-state index contributed by atoms with van der Waals surface area (Å²) >= 11 is 3.45. The second-order valence-electron chi connectivity index (χ2n) is 4.77. The van der Waals surface area contributed by atoms with Crippen LogP contribution in [0, 0.1) is 0 Å². The van der Waals surface area contributed by atoms with Crippen LogP contribution in [0.2, 0.25) is 0 Å². The number of carbonyl (C=O) groups excluding carboxylic acids is 2. The quantitative estimate of drug-likeness (QED) is 0.814. The van der Waals surface area contributed by atoms with E-state index in [2.05, 4.69) is 26.6 Å². The molecule has 0 saturated carbocycles. The van der Waals surface area contributed by atoms with Crippen molar-refractivity contribution in [2.75, 3.05) is 18.5 Å². The first-order valence-corrected chi connectivity index (χ1v) is 7.39. The molecule has 1 saturated heterocycles. The number of benzene rings is 1. The molecule has 108 valence electrons. The molecule has 1 unspecified atom stereocenters. The van der Waals surface area contributed by atoms with E-state index in [1.54, 1.807) is 0 Å². The summed E-state index contributed by atoms with van der Waals surface area (Å²) in [6.45, 7) is 2.84. The van der Waals surface area contributed by atoms with Gasteiger partial charge < -0.3 is 10.2 Å². The van der Waals surface area contributed by atoms with Gasteiger partial charge in [0.05, 0.1) is 6.54 Å². The van der Waals surface area contributed by atoms with Crippen LogP contribution in [0.3, 0.4) is 0 Å². The molecule has 2 N–H and O–H groups in total. The second kappa shape index (κ2) is 6.37. The van der Waals surface area contributed by atoms with E-state index in [9.17, 15) is 9.59 Å². The highest BCUT2D eigenvalue weighted by Crippen LogP contribution is 2.28. The van der Waals surface area contributed by atoms with Gasteiger partial charge in [0.25, 0.3) is 0 Å². The van der Waals surface area contributed by atoms with Gasteiger partial charge in [0.1, 0.15) is 6.04 Å². The Balaban J connectivity index is 2.41. The SMILES string of the molecule is CCC1C(=O)NC(=O)CN1c1ccc(Br)cc1CNC. The van der Waals surface area contributed by atoms with Gasteiger partial charge in [-0.05, 0) is 37.2 Å². The largest absolute Gasteiger partial charge is 0.350 e. The molecule has 0 aliphatic carbocycles. The molecule has 2 amide bonds. The van der Waals surface area contributed by atoms with Gasteiger partial charge in [-0.1, -0.05) is 22.9 Å². The lowest BCUT2D eigenvalue weighted by Crippen LogP contribution is -2.58. The third-order valence-corrected chi connectivity index (χ3v) is 3.85. The fourth-order valence-corrected chi connectivity index (χ4v) is 2.90. The molecule has 6 heteroatoms. The standard InChI is InChI=1S/C14H18BrN3O2/c1-3-11-14(20)17-13(19)8-18(11)12-5-4-10(15)6-9(12)7-16-2/h4-6,11,16H,3,7-8H2,1-2H3,(H,17,19,20). The first-order chi connectivity index (χ1) is 9.56. The van der Waals surface area contributed by atoms with Crippen LogP contribution in [0.4, 0.5) is 5.69 Å². The van der Waals surface area contributed by atoms with E-state index in [4.69, 9.17) is 0 Å². The second-order valence-corrected chi connectivity index (χ2v) is 5.68. The molecule has 0 bridgehead atoms. The number of nitrogens with zero attached hydrogens (tertiary/aromatic N) is 1. The fourth-order valence-electron chi connectivity index (χ4n) is 2.49. The van der Waals surface area contributed by atoms with Crippen molar-refractivity contribution in [3.05, 3.63) is 28.2 Å². The van der Waals surface area contributed by atoms with E-state index < -0.39 is 0 Å². The highest BCUT2D eigenvalue weighted by Gasteiger charge is 2.33. The summed E-state index contributed by atoms with van der Waals surface area (Å²) in [6, 6.07) is 5.59. The average molecular weight is 340 g/mol. The molecule has 1 aliphatic heterocycles. The lowest BCUT2D eigenvalue weighted by Gasteiger charge is -2.36. The van der Waals surface area contributed by atoms with Crippen molar-refractivity contribution < 1.29 is 9.59 Å². The number of piperazine rings is 1. The lowest BCUT2D eigenvalue weighted by molar-refractivity contribution is -0.132. The van der Waals surface area contributed by atoms with Gasteiger partial charge in [-0.15, -0.1) is 0 Å². The summed E-state index contributed by atoms with van der Waals surface area (Å²) in [5.41, 5.74) is 1.99. The van der Waals surface area contributed by atoms with Gasteiger partial charge in [-0.25, -0.2) is 0 Å². The molecule has 0 spiro atoms. The van der Waals surface area contributed by atoms with Gasteiger partial charge in [0.15, 0.2) is 0 Å². The minimum atomic E-state index is -0.301. The van der Waals surface area contributed by atoms with Crippen molar-refractivity contribution >= 4 is 33.4 Å². The van der Waals surface area contributed by atoms with E-state index in [0.29, 0.717) is 13.0 Å². The highest BCUT2D eigenvalue weighted by molar-refractivity contribution is 9.10. The predicted octanol–water partition coefficient (Wildman–Crippen LogP) is 1.41. The number of rotatable bonds is 4. The van der Waals surface area contributed by atoms with E-state index in [0.717, 1.165) is 15.7 Å². The summed E-state index contributed by atoms with van der Waals surface area (Å²) in [6.07, 6.45) is 0.661. The van der Waals surface area contributed by atoms with Gasteiger partial charge in [0.2, 0.25) is 11.8 Å². The molecular weight excluding hydrogens is 322 g/mol. The number of imide groups is 1. The number of nitrogens with one attached hydrogen (secondary N) is 2. The van der Waals surface area contributed by atoms with Gasteiger partial charge in [0, 0.05) is 16.7 Å². The van der Waals surface area contributed by atoms with Crippen LogP contribution >= 0.6 is 15.9 Å². The predicted molar refractivity (Wildman–Crippen MR) is 81.5 cm³/mol. The zero-order valence-electron chi connectivity index (χ0n) is 11.6. The maximum absolute atomic E-state index is 12.0. The van der Waals surface area contributed by atoms with Crippen molar-refractivity contribution in [3.63, 3.8) is 0 Å². The summed E-state index contributed by atoms with van der Waals surface area (Å²) in [7, 11) is 1.87. The van der Waals surface area contributed by atoms with Crippen molar-refractivity contribution in [1.29, 1.82) is 0 Å². The van der Waals surface area contributed by atoms with E-state index in [-0.39, 0.29) is 24.4 Å². The first-order valence-electron chi connectivity index (χ1n) is 6.60. The first kappa shape index (κ1) is 15.0. The topological polar surface area (TPSA) is 61.4 Å². The van der Waals surface area contributed by atoms with E-state index in [1.165, 1.54) is 0 Å². The van der Waals surface area contributed by atoms with Gasteiger partial charge in [-0.3, -0.25) is 14.9 Å². The van der Waals surface area contributed by atoms with Crippen LogP contribution in [0.25, 0.3) is 0 Å². The van der Waals surface area contributed by atoms with Crippen molar-refractivity contribution in [1.82, 2.24) is 10.6 Å². The normalized spacial score (nSPS) is 19.1. The number of anilines is 1. The fraction of sp³-hybridized carbons (Fsp3) is 0.429. The molecule has 0 radical (unpaired) electrons. The van der Waals surface area contributed by atoms with Crippen LogP contribution in [0.1, 0.15) is 18.9 Å². The van der Waals surface area contributed by atoms with Crippen LogP contribution in [0.5, 0.6) is 0 Å². The Morgan fingerprint density at radius 3 is 2.85 bits per heavy atom. The number of amides is 2. The van der Waals surface area contributed by atoms with Crippen LogP contribution in [0.15, 0.2) is 22.7 Å². The van der Waals surface area contributed by atoms with Gasteiger partial charge >= 0.3 is 0 Å². The Morgan fingerprint density at radius 2 is 2.20 bits per heavy atom. The molecule has 1 aliphatic rings. The van der Waals surface area contributed by atoms with E-state index >= 15 is 0 Å². The number of carbonyl (C=O) groups is 2. The molecule has 5 nitrogen and oxygen atoms in total. The lowest BCUT2D eigenvalue weighted by atomic mass is 10.1. The molecule has 1 heterocycles. The molecule has 1 atom stereocenters. The van der Waals surface area contributed by atoms with Crippen LogP contribution in [-0.4, -0.2) is 31.4 Å². The molecule has 1 fully saturated rings. The van der Waals surface area contributed by atoms with Crippen LogP contribution in [-0.2, 0) is 16.1 Å². The zero-order valence-corrected chi connectivity index (χ0v) is 13.2. The average Bonchev–Trinajstić information content (AvgIpc) is 2.38. The zero-order chi connectivity index (χ0) is 14.7. The summed E-state index contributed by atoms with van der Waals surface area (Å²) in [5.74, 6) is -0.472. The smallest absolute Gasteiger partial charge is 0.249 e. The van der Waals surface area contributed by atoms with E-state index in [1.807, 2.05) is 37.1 Å². The Labute approximate surface area is 126 Å². The minimum Gasteiger partial charge on any atom is -0.350 e. The Hall–Kier alpha value is -1.40. The third kappa shape index (κ3) is 3.02. The Morgan fingerprint density at radius 1 is 1.45 bits per heavy atom. The number of hydrogen-bond donors (Lipinski definition) is 2. The Kier molecular flexibility index (Phi) is 4.77. The Bertz CT molecular complexity index is 533. The van der Waals surface area contributed by atoms with Crippen molar-refractivity contribution in [2.24, 2.45) is 0 Å². The van der Waals surface area contributed by atoms with Crippen LogP contribution < -0.4 is 15.5 Å². The molecule has 1 aromatic carbocycles. The number of hydrogen-bond acceptors (Lipinski definition) is 4. The van der Waals surface area contributed by atoms with Gasteiger partial charge in [-0.2, -0.15) is 0 Å². The summed E-state index contributed by atoms with van der Waals surface area (Å²) in [5, 5.41) is 5.51. The maximum Gasteiger partial charge on any atom is 0.249 e. The molecule has 1 aromatic rings. The molecular formula is C14H18BrN3O2. The molecule has 0 aromatic heterocycles. The summed E-state index contributed by atoms with van der Waals surface area (Å²) in [4.78, 5) is 25.5. The molecule has 2 rings (SSSR count).